The van der Waals surface area contributed by atoms with E-state index in [1.807, 2.05) is 0 Å². The number of anilines is 1. The Morgan fingerprint density at radius 2 is 2.33 bits per heavy atom. The summed E-state index contributed by atoms with van der Waals surface area (Å²) in [6.07, 6.45) is 3.26. The smallest absolute Gasteiger partial charge is 0.140 e. The van der Waals surface area contributed by atoms with Crippen LogP contribution in [0.2, 0.25) is 0 Å². The number of aromatic nitrogens is 2. The van der Waals surface area contributed by atoms with E-state index in [0.717, 1.165) is 25.0 Å². The molecule has 1 aliphatic carbocycles. The quantitative estimate of drug-likeness (QED) is 0.820. The lowest BCUT2D eigenvalue weighted by atomic mass is 10.2. The van der Waals surface area contributed by atoms with E-state index >= 15 is 0 Å². The molecule has 0 bridgehead atoms. The van der Waals surface area contributed by atoms with Crippen LogP contribution in [0.5, 0.6) is 0 Å². The van der Waals surface area contributed by atoms with Gasteiger partial charge in [0.15, 0.2) is 0 Å². The fourth-order valence-electron chi connectivity index (χ4n) is 1.73. The largest absolute Gasteiger partial charge is 0.383 e. The normalized spacial score (nSPS) is 17.4. The lowest BCUT2D eigenvalue weighted by Gasteiger charge is -2.10. The van der Waals surface area contributed by atoms with Crippen molar-refractivity contribution in [3.8, 4) is 6.07 Å². The second-order valence-corrected chi connectivity index (χ2v) is 4.23. The van der Waals surface area contributed by atoms with Crippen LogP contribution in [-0.4, -0.2) is 9.78 Å². The van der Waals surface area contributed by atoms with Crippen molar-refractivity contribution in [2.24, 2.45) is 0 Å². The molecule has 1 aromatic rings. The Hall–Kier alpha value is -1.50. The second-order valence-electron chi connectivity index (χ2n) is 4.23. The maximum atomic E-state index is 9.06. The lowest BCUT2D eigenvalue weighted by Crippen LogP contribution is -2.09. The molecule has 0 saturated heterocycles. The minimum Gasteiger partial charge on any atom is -0.383 e. The van der Waals surface area contributed by atoms with Gasteiger partial charge in [0.2, 0.25) is 0 Å². The number of hydrogen-bond donors (Lipinski definition) is 1. The van der Waals surface area contributed by atoms with Crippen molar-refractivity contribution in [3.63, 3.8) is 0 Å². The van der Waals surface area contributed by atoms with Gasteiger partial charge in [-0.3, -0.25) is 0 Å². The zero-order valence-electron chi connectivity index (χ0n) is 9.20. The number of nitrogens with zero attached hydrogens (tertiary/aromatic N) is 3. The van der Waals surface area contributed by atoms with E-state index < -0.39 is 0 Å². The van der Waals surface area contributed by atoms with Crippen LogP contribution in [0.4, 0.5) is 5.82 Å². The van der Waals surface area contributed by atoms with E-state index in [1.165, 1.54) is 0 Å². The molecule has 1 heterocycles. The third-order valence-corrected chi connectivity index (χ3v) is 3.06. The van der Waals surface area contributed by atoms with Gasteiger partial charge in [0.05, 0.1) is 11.7 Å². The van der Waals surface area contributed by atoms with Crippen LogP contribution in [0, 0.1) is 11.3 Å². The van der Waals surface area contributed by atoms with Gasteiger partial charge in [-0.25, -0.2) is 4.68 Å². The molecule has 2 N–H and O–H groups in total. The van der Waals surface area contributed by atoms with Gasteiger partial charge in [-0.05, 0) is 26.2 Å². The minimum atomic E-state index is 0.268. The maximum Gasteiger partial charge on any atom is 0.140 e. The van der Waals surface area contributed by atoms with Gasteiger partial charge < -0.3 is 5.73 Å². The summed E-state index contributed by atoms with van der Waals surface area (Å²) in [6.45, 7) is 4.16. The molecule has 0 radical (unpaired) electrons. The Bertz CT molecular complexity index is 409. The van der Waals surface area contributed by atoms with Crippen molar-refractivity contribution in [3.05, 3.63) is 11.3 Å². The topological polar surface area (TPSA) is 67.6 Å². The zero-order valence-corrected chi connectivity index (χ0v) is 9.20. The van der Waals surface area contributed by atoms with Gasteiger partial charge in [-0.1, -0.05) is 6.92 Å². The molecule has 1 atom stereocenters. The predicted molar refractivity (Wildman–Crippen MR) is 58.3 cm³/mol. The molecule has 1 aliphatic rings. The molecular weight excluding hydrogens is 188 g/mol. The summed E-state index contributed by atoms with van der Waals surface area (Å²) in [5.74, 6) is 1.01. The number of nitrogen functional groups attached to an aromatic ring is 1. The Kier molecular flexibility index (Phi) is 2.39. The Balaban J connectivity index is 2.45. The first-order chi connectivity index (χ1) is 7.19. The van der Waals surface area contributed by atoms with E-state index in [0.29, 0.717) is 17.3 Å². The highest BCUT2D eigenvalue weighted by atomic mass is 15.3. The summed E-state index contributed by atoms with van der Waals surface area (Å²) < 4.78 is 1.80. The number of hydrogen-bond acceptors (Lipinski definition) is 3. The highest BCUT2D eigenvalue weighted by Gasteiger charge is 2.31. The van der Waals surface area contributed by atoms with E-state index in [9.17, 15) is 0 Å². The summed E-state index contributed by atoms with van der Waals surface area (Å²) in [5.41, 5.74) is 7.44. The van der Waals surface area contributed by atoms with Crippen LogP contribution in [-0.2, 0) is 0 Å². The summed E-state index contributed by atoms with van der Waals surface area (Å²) >= 11 is 0. The maximum absolute atomic E-state index is 9.06. The van der Waals surface area contributed by atoms with Crippen LogP contribution in [0.3, 0.4) is 0 Å². The van der Waals surface area contributed by atoms with E-state index in [4.69, 9.17) is 11.0 Å². The average Bonchev–Trinajstić information content (AvgIpc) is 3.02. The highest BCUT2D eigenvalue weighted by Crippen LogP contribution is 2.42. The van der Waals surface area contributed by atoms with Gasteiger partial charge >= 0.3 is 0 Å². The first kappa shape index (κ1) is 10.0. The fourth-order valence-corrected chi connectivity index (χ4v) is 1.73. The molecule has 0 unspecified atom stereocenters. The SMILES string of the molecule is CC[C@@H](C)n1nc(C2CC2)c(C#N)c1N. The molecule has 4 nitrogen and oxygen atoms in total. The van der Waals surface area contributed by atoms with Gasteiger partial charge in [0, 0.05) is 5.92 Å². The van der Waals surface area contributed by atoms with Gasteiger partial charge in [0.25, 0.3) is 0 Å². The molecule has 4 heteroatoms. The van der Waals surface area contributed by atoms with E-state index in [-0.39, 0.29) is 6.04 Å². The summed E-state index contributed by atoms with van der Waals surface area (Å²) in [4.78, 5) is 0. The molecule has 0 spiro atoms. The standard InChI is InChI=1S/C11H16N4/c1-3-7(2)15-11(13)9(6-12)10(14-15)8-4-5-8/h7-8H,3-5,13H2,1-2H3/t7-/m1/s1. The fraction of sp³-hybridized carbons (Fsp3) is 0.636. The number of rotatable bonds is 3. The van der Waals surface area contributed by atoms with Crippen LogP contribution >= 0.6 is 0 Å². The molecule has 15 heavy (non-hydrogen) atoms. The van der Waals surface area contributed by atoms with Gasteiger partial charge in [-0.15, -0.1) is 0 Å². The van der Waals surface area contributed by atoms with Crippen molar-refractivity contribution in [1.29, 1.82) is 5.26 Å². The predicted octanol–water partition coefficient (Wildman–Crippen LogP) is 2.19. The van der Waals surface area contributed by atoms with Crippen molar-refractivity contribution in [2.75, 3.05) is 5.73 Å². The van der Waals surface area contributed by atoms with Crippen molar-refractivity contribution in [1.82, 2.24) is 9.78 Å². The van der Waals surface area contributed by atoms with Gasteiger partial charge in [-0.2, -0.15) is 10.4 Å². The first-order valence-corrected chi connectivity index (χ1v) is 5.47. The summed E-state index contributed by atoms with van der Waals surface area (Å²) in [6, 6.07) is 2.44. The number of nitriles is 1. The zero-order chi connectivity index (χ0) is 11.0. The third kappa shape index (κ3) is 1.58. The second kappa shape index (κ2) is 3.58. The Morgan fingerprint density at radius 1 is 1.67 bits per heavy atom. The van der Waals surface area contributed by atoms with Crippen LogP contribution in [0.1, 0.15) is 56.3 Å². The molecule has 0 aromatic carbocycles. The number of nitrogens with two attached hydrogens (primary N) is 1. The molecule has 80 valence electrons. The average molecular weight is 204 g/mol. The van der Waals surface area contributed by atoms with E-state index in [1.54, 1.807) is 4.68 Å². The third-order valence-electron chi connectivity index (χ3n) is 3.06. The lowest BCUT2D eigenvalue weighted by molar-refractivity contribution is 0.480. The first-order valence-electron chi connectivity index (χ1n) is 5.47. The summed E-state index contributed by atoms with van der Waals surface area (Å²) in [5, 5.41) is 13.5. The molecule has 2 rings (SSSR count). The highest BCUT2D eigenvalue weighted by molar-refractivity contribution is 5.54. The minimum absolute atomic E-state index is 0.268. The Morgan fingerprint density at radius 3 is 2.80 bits per heavy atom. The van der Waals surface area contributed by atoms with Crippen molar-refractivity contribution < 1.29 is 0 Å². The molecule has 0 amide bonds. The van der Waals surface area contributed by atoms with Crippen LogP contribution in [0.15, 0.2) is 0 Å². The molecule has 0 aliphatic heterocycles. The molecule has 1 saturated carbocycles. The van der Waals surface area contributed by atoms with Gasteiger partial charge in [0.1, 0.15) is 17.5 Å². The van der Waals surface area contributed by atoms with Crippen molar-refractivity contribution >= 4 is 5.82 Å². The molecule has 1 fully saturated rings. The van der Waals surface area contributed by atoms with Crippen LogP contribution in [0.25, 0.3) is 0 Å². The van der Waals surface area contributed by atoms with Crippen LogP contribution < -0.4 is 5.73 Å². The van der Waals surface area contributed by atoms with E-state index in [2.05, 4.69) is 25.0 Å². The monoisotopic (exact) mass is 204 g/mol. The van der Waals surface area contributed by atoms with Crippen molar-refractivity contribution in [2.45, 2.75) is 45.1 Å². The molecule has 1 aromatic heterocycles. The summed E-state index contributed by atoms with van der Waals surface area (Å²) in [7, 11) is 0. The molecular formula is C11H16N4. The Labute approximate surface area is 89.7 Å².